The van der Waals surface area contributed by atoms with Crippen molar-refractivity contribution in [1.29, 1.82) is 0 Å². The van der Waals surface area contributed by atoms with Gasteiger partial charge in [0, 0.05) is 19.5 Å². The number of rotatable bonds is 9. The smallest absolute Gasteiger partial charge is 0.225 e. The molecule has 0 saturated carbocycles. The zero-order chi connectivity index (χ0) is 19.2. The molecule has 0 aliphatic heterocycles. The second kappa shape index (κ2) is 9.52. The minimum Gasteiger partial charge on any atom is -0.325 e. The van der Waals surface area contributed by atoms with Crippen molar-refractivity contribution in [2.24, 2.45) is 0 Å². The molecule has 0 saturated heterocycles. The second-order valence-corrected chi connectivity index (χ2v) is 8.95. The lowest BCUT2D eigenvalue weighted by Gasteiger charge is -2.21. The molecule has 1 amide bonds. The predicted molar refractivity (Wildman–Crippen MR) is 104 cm³/mol. The molecular weight excluding hydrogens is 362 g/mol. The van der Waals surface area contributed by atoms with E-state index >= 15 is 0 Å². The number of hydrogen-bond acceptors (Lipinski definition) is 4. The lowest BCUT2D eigenvalue weighted by Crippen LogP contribution is -2.35. The number of carbonyl (C=O) groups excluding carboxylic acids is 1. The summed E-state index contributed by atoms with van der Waals surface area (Å²) in [5.41, 5.74) is 2.48. The Balaban J connectivity index is 2.66. The Morgan fingerprint density at radius 3 is 2.32 bits per heavy atom. The van der Waals surface area contributed by atoms with Crippen molar-refractivity contribution in [2.75, 3.05) is 45.3 Å². The van der Waals surface area contributed by atoms with Gasteiger partial charge < -0.3 is 10.2 Å². The van der Waals surface area contributed by atoms with E-state index < -0.39 is 10.0 Å². The minimum atomic E-state index is -3.34. The van der Waals surface area contributed by atoms with Gasteiger partial charge in [-0.3, -0.25) is 4.79 Å². The third-order valence-electron chi connectivity index (χ3n) is 3.77. The first-order valence-electron chi connectivity index (χ1n) is 8.17. The highest BCUT2D eigenvalue weighted by Gasteiger charge is 2.18. The molecule has 0 aromatic heterocycles. The summed E-state index contributed by atoms with van der Waals surface area (Å²) in [6, 6.07) is 3.72. The normalized spacial score (nSPS) is 12.0. The van der Waals surface area contributed by atoms with Gasteiger partial charge in [-0.2, -0.15) is 0 Å². The van der Waals surface area contributed by atoms with Crippen LogP contribution >= 0.6 is 11.6 Å². The fraction of sp³-hybridized carbons (Fsp3) is 0.588. The lowest BCUT2D eigenvalue weighted by molar-refractivity contribution is -0.116. The van der Waals surface area contributed by atoms with Crippen LogP contribution in [-0.4, -0.2) is 63.5 Å². The zero-order valence-electron chi connectivity index (χ0n) is 15.6. The Morgan fingerprint density at radius 1 is 1.16 bits per heavy atom. The molecule has 1 rings (SSSR count). The molecule has 0 bridgehead atoms. The molecule has 0 radical (unpaired) electrons. The summed E-state index contributed by atoms with van der Waals surface area (Å²) in [5, 5.41) is 3.27. The number of amides is 1. The molecule has 25 heavy (non-hydrogen) atoms. The van der Waals surface area contributed by atoms with Gasteiger partial charge in [-0.25, -0.2) is 12.7 Å². The van der Waals surface area contributed by atoms with Crippen LogP contribution in [0.15, 0.2) is 12.1 Å². The highest BCUT2D eigenvalue weighted by atomic mass is 35.5. The second-order valence-electron chi connectivity index (χ2n) is 6.56. The lowest BCUT2D eigenvalue weighted by atomic mass is 10.1. The van der Waals surface area contributed by atoms with Gasteiger partial charge >= 0.3 is 0 Å². The van der Waals surface area contributed by atoms with E-state index in [0.29, 0.717) is 23.7 Å². The maximum atomic E-state index is 12.2. The maximum absolute atomic E-state index is 12.2. The Morgan fingerprint density at radius 2 is 1.80 bits per heavy atom. The number of nitrogens with one attached hydrogen (secondary N) is 1. The van der Waals surface area contributed by atoms with Crippen LogP contribution in [0, 0.1) is 13.8 Å². The molecule has 0 atom stereocenters. The molecule has 142 valence electrons. The van der Waals surface area contributed by atoms with Crippen LogP contribution in [0.2, 0.25) is 5.02 Å². The van der Waals surface area contributed by atoms with Crippen LogP contribution in [0.1, 0.15) is 24.0 Å². The molecule has 6 nitrogen and oxygen atoms in total. The van der Waals surface area contributed by atoms with E-state index in [2.05, 4.69) is 5.32 Å². The van der Waals surface area contributed by atoms with Gasteiger partial charge in [-0.05, 0) is 58.1 Å². The minimum absolute atomic E-state index is 0.0820. The van der Waals surface area contributed by atoms with Gasteiger partial charge in [-0.1, -0.05) is 17.7 Å². The van der Waals surface area contributed by atoms with Crippen molar-refractivity contribution in [1.82, 2.24) is 9.21 Å². The van der Waals surface area contributed by atoms with Crippen LogP contribution in [-0.2, 0) is 14.8 Å². The third-order valence-corrected chi connectivity index (χ3v) is 5.37. The Hall–Kier alpha value is -1.15. The molecule has 0 fully saturated rings. The number of benzene rings is 1. The third kappa shape index (κ3) is 7.73. The van der Waals surface area contributed by atoms with Gasteiger partial charge in [0.1, 0.15) is 0 Å². The first kappa shape index (κ1) is 21.9. The van der Waals surface area contributed by atoms with Gasteiger partial charge in [0.25, 0.3) is 0 Å². The molecule has 0 unspecified atom stereocenters. The standard InChI is InChI=1S/C17H28ClN3O3S/c1-13-11-14(2)17(15(18)12-13)19-16(22)7-10-21(25(5,23)24)9-6-8-20(3)4/h11-12H,6-10H2,1-5H3,(H,19,22). The summed E-state index contributed by atoms with van der Waals surface area (Å²) in [4.78, 5) is 14.2. The van der Waals surface area contributed by atoms with E-state index in [1.807, 2.05) is 38.9 Å². The molecule has 0 aliphatic rings. The molecule has 0 aliphatic carbocycles. The fourth-order valence-electron chi connectivity index (χ4n) is 2.51. The summed E-state index contributed by atoms with van der Waals surface area (Å²) >= 11 is 6.19. The number of anilines is 1. The van der Waals surface area contributed by atoms with E-state index in [9.17, 15) is 13.2 Å². The van der Waals surface area contributed by atoms with Crippen LogP contribution in [0.5, 0.6) is 0 Å². The number of carbonyl (C=O) groups is 1. The van der Waals surface area contributed by atoms with Gasteiger partial charge in [0.2, 0.25) is 15.9 Å². The number of halogens is 1. The molecule has 8 heteroatoms. The first-order chi connectivity index (χ1) is 11.5. The van der Waals surface area contributed by atoms with Crippen molar-refractivity contribution in [2.45, 2.75) is 26.7 Å². The van der Waals surface area contributed by atoms with Crippen LogP contribution in [0.25, 0.3) is 0 Å². The van der Waals surface area contributed by atoms with Crippen molar-refractivity contribution < 1.29 is 13.2 Å². The average molecular weight is 390 g/mol. The molecule has 0 heterocycles. The number of sulfonamides is 1. The SMILES string of the molecule is Cc1cc(C)c(NC(=O)CCN(CCCN(C)C)S(C)(=O)=O)c(Cl)c1. The van der Waals surface area contributed by atoms with Gasteiger partial charge in [-0.15, -0.1) is 0 Å². The van der Waals surface area contributed by atoms with Crippen LogP contribution < -0.4 is 5.32 Å². The average Bonchev–Trinajstić information content (AvgIpc) is 2.44. The summed E-state index contributed by atoms with van der Waals surface area (Å²) in [6.07, 6.45) is 1.96. The largest absolute Gasteiger partial charge is 0.325 e. The summed E-state index contributed by atoms with van der Waals surface area (Å²) in [5.74, 6) is -0.255. The number of hydrogen-bond donors (Lipinski definition) is 1. The molecule has 1 aromatic carbocycles. The van der Waals surface area contributed by atoms with Crippen molar-refractivity contribution in [3.8, 4) is 0 Å². The Labute approximate surface area is 156 Å². The Bertz CT molecular complexity index is 682. The van der Waals surface area contributed by atoms with Crippen molar-refractivity contribution >= 4 is 33.2 Å². The van der Waals surface area contributed by atoms with E-state index in [1.165, 1.54) is 10.6 Å². The quantitative estimate of drug-likeness (QED) is 0.704. The first-order valence-corrected chi connectivity index (χ1v) is 10.4. The van der Waals surface area contributed by atoms with Gasteiger partial charge in [0.05, 0.1) is 17.0 Å². The van der Waals surface area contributed by atoms with Gasteiger partial charge in [0.15, 0.2) is 0 Å². The highest BCUT2D eigenvalue weighted by Crippen LogP contribution is 2.27. The van der Waals surface area contributed by atoms with E-state index in [-0.39, 0.29) is 18.9 Å². The van der Waals surface area contributed by atoms with Crippen LogP contribution in [0.4, 0.5) is 5.69 Å². The van der Waals surface area contributed by atoms with Crippen LogP contribution in [0.3, 0.4) is 0 Å². The summed E-state index contributed by atoms with van der Waals surface area (Å²) < 4.78 is 25.1. The van der Waals surface area contributed by atoms with E-state index in [0.717, 1.165) is 17.7 Å². The van der Waals surface area contributed by atoms with Crippen molar-refractivity contribution in [3.05, 3.63) is 28.3 Å². The zero-order valence-corrected chi connectivity index (χ0v) is 17.2. The summed E-state index contributed by atoms with van der Waals surface area (Å²) in [6.45, 7) is 5.15. The Kier molecular flexibility index (Phi) is 8.34. The maximum Gasteiger partial charge on any atom is 0.225 e. The highest BCUT2D eigenvalue weighted by molar-refractivity contribution is 7.88. The fourth-order valence-corrected chi connectivity index (χ4v) is 3.76. The molecule has 1 N–H and O–H groups in total. The topological polar surface area (TPSA) is 69.7 Å². The molecule has 1 aromatic rings. The predicted octanol–water partition coefficient (Wildman–Crippen LogP) is 2.50. The van der Waals surface area contributed by atoms with Crippen molar-refractivity contribution in [3.63, 3.8) is 0 Å². The molecule has 0 spiro atoms. The molecular formula is C17H28ClN3O3S. The van der Waals surface area contributed by atoms with E-state index in [4.69, 9.17) is 11.6 Å². The van der Waals surface area contributed by atoms with E-state index in [1.54, 1.807) is 6.07 Å². The number of aryl methyl sites for hydroxylation is 2. The number of nitrogens with zero attached hydrogens (tertiary/aromatic N) is 2. The monoisotopic (exact) mass is 389 g/mol. The summed E-state index contributed by atoms with van der Waals surface area (Å²) in [7, 11) is 0.528.